The summed E-state index contributed by atoms with van der Waals surface area (Å²) in [4.78, 5) is 0. The molecular weight excluding hydrogens is 292 g/mol. The first-order valence-corrected chi connectivity index (χ1v) is 7.16. The van der Waals surface area contributed by atoms with Crippen LogP contribution in [0.3, 0.4) is 0 Å². The summed E-state index contributed by atoms with van der Waals surface area (Å²) in [5.41, 5.74) is 2.09. The molecule has 0 aromatic heterocycles. The first kappa shape index (κ1) is 14.8. The van der Waals surface area contributed by atoms with Gasteiger partial charge in [-0.1, -0.05) is 60.7 Å². The standard InChI is InChI=1S/C19H16O4/c20-15-11-14(17(21)19(23)18(15)22)16(12-7-3-1-4-8-12)13-9-5-2-6-10-13/h1-11,16,20-23H. The van der Waals surface area contributed by atoms with E-state index in [0.717, 1.165) is 11.1 Å². The molecule has 0 aliphatic carbocycles. The Kier molecular flexibility index (Phi) is 3.81. The third kappa shape index (κ3) is 2.66. The van der Waals surface area contributed by atoms with Gasteiger partial charge < -0.3 is 20.4 Å². The Morgan fingerprint density at radius 3 is 1.52 bits per heavy atom. The van der Waals surface area contributed by atoms with Crippen molar-refractivity contribution in [1.82, 2.24) is 0 Å². The van der Waals surface area contributed by atoms with Gasteiger partial charge in [-0.15, -0.1) is 0 Å². The van der Waals surface area contributed by atoms with Crippen LogP contribution in [0.25, 0.3) is 0 Å². The zero-order chi connectivity index (χ0) is 16.4. The van der Waals surface area contributed by atoms with E-state index in [2.05, 4.69) is 0 Å². The summed E-state index contributed by atoms with van der Waals surface area (Å²) in [6.45, 7) is 0. The average Bonchev–Trinajstić information content (AvgIpc) is 2.60. The molecule has 0 aliphatic heterocycles. The lowest BCUT2D eigenvalue weighted by Crippen LogP contribution is -2.03. The maximum absolute atomic E-state index is 10.3. The Labute approximate surface area is 133 Å². The molecule has 0 heterocycles. The molecule has 4 heteroatoms. The molecule has 3 aromatic rings. The number of phenols is 4. The highest BCUT2D eigenvalue weighted by atomic mass is 16.3. The van der Waals surface area contributed by atoms with Crippen LogP contribution in [0.15, 0.2) is 66.7 Å². The molecule has 0 saturated heterocycles. The van der Waals surface area contributed by atoms with Crippen LogP contribution in [-0.2, 0) is 0 Å². The van der Waals surface area contributed by atoms with Crippen molar-refractivity contribution in [2.24, 2.45) is 0 Å². The maximum atomic E-state index is 10.3. The molecule has 116 valence electrons. The number of phenolic OH excluding ortho intramolecular Hbond substituents is 4. The number of hydrogen-bond acceptors (Lipinski definition) is 4. The molecule has 4 nitrogen and oxygen atoms in total. The molecule has 4 N–H and O–H groups in total. The predicted molar refractivity (Wildman–Crippen MR) is 86.9 cm³/mol. The molecule has 0 amide bonds. The molecule has 0 radical (unpaired) electrons. The van der Waals surface area contributed by atoms with E-state index in [0.29, 0.717) is 5.56 Å². The van der Waals surface area contributed by atoms with Crippen molar-refractivity contribution in [2.45, 2.75) is 5.92 Å². The number of benzene rings is 3. The van der Waals surface area contributed by atoms with Crippen molar-refractivity contribution in [3.8, 4) is 23.0 Å². The van der Waals surface area contributed by atoms with Crippen molar-refractivity contribution in [2.75, 3.05) is 0 Å². The van der Waals surface area contributed by atoms with Gasteiger partial charge in [0, 0.05) is 11.5 Å². The van der Waals surface area contributed by atoms with Crippen LogP contribution in [0.5, 0.6) is 23.0 Å². The maximum Gasteiger partial charge on any atom is 0.204 e. The average molecular weight is 308 g/mol. The van der Waals surface area contributed by atoms with E-state index in [4.69, 9.17) is 0 Å². The molecule has 0 atom stereocenters. The zero-order valence-corrected chi connectivity index (χ0v) is 12.2. The lowest BCUT2D eigenvalue weighted by atomic mass is 9.84. The molecule has 0 unspecified atom stereocenters. The monoisotopic (exact) mass is 308 g/mol. The van der Waals surface area contributed by atoms with Crippen LogP contribution in [0.1, 0.15) is 22.6 Å². The Balaban J connectivity index is 2.26. The van der Waals surface area contributed by atoms with Gasteiger partial charge in [-0.05, 0) is 17.2 Å². The van der Waals surface area contributed by atoms with Gasteiger partial charge in [-0.25, -0.2) is 0 Å². The molecule has 0 saturated carbocycles. The fraction of sp³-hybridized carbons (Fsp3) is 0.0526. The number of hydrogen-bond donors (Lipinski definition) is 4. The zero-order valence-electron chi connectivity index (χ0n) is 12.2. The Morgan fingerprint density at radius 2 is 1.04 bits per heavy atom. The highest BCUT2D eigenvalue weighted by Crippen LogP contribution is 2.48. The van der Waals surface area contributed by atoms with E-state index in [1.165, 1.54) is 6.07 Å². The number of aromatic hydroxyl groups is 4. The van der Waals surface area contributed by atoms with Gasteiger partial charge in [0.1, 0.15) is 0 Å². The molecule has 0 fully saturated rings. The molecule has 0 bridgehead atoms. The topological polar surface area (TPSA) is 80.9 Å². The van der Waals surface area contributed by atoms with Crippen LogP contribution in [-0.4, -0.2) is 20.4 Å². The summed E-state index contributed by atoms with van der Waals surface area (Å²) >= 11 is 0. The van der Waals surface area contributed by atoms with Gasteiger partial charge in [0.05, 0.1) is 0 Å². The first-order chi connectivity index (χ1) is 11.1. The highest BCUT2D eigenvalue weighted by molar-refractivity contribution is 5.63. The van der Waals surface area contributed by atoms with Crippen LogP contribution < -0.4 is 0 Å². The minimum absolute atomic E-state index is 0.315. The van der Waals surface area contributed by atoms with Crippen molar-refractivity contribution in [3.05, 3.63) is 83.4 Å². The first-order valence-electron chi connectivity index (χ1n) is 7.16. The van der Waals surface area contributed by atoms with E-state index in [1.54, 1.807) is 0 Å². The summed E-state index contributed by atoms with van der Waals surface area (Å²) in [5, 5.41) is 39.5. The Morgan fingerprint density at radius 1 is 0.565 bits per heavy atom. The fourth-order valence-corrected chi connectivity index (χ4v) is 2.72. The van der Waals surface area contributed by atoms with Gasteiger partial charge in [0.15, 0.2) is 11.5 Å². The lowest BCUT2D eigenvalue weighted by Gasteiger charge is -2.21. The highest BCUT2D eigenvalue weighted by Gasteiger charge is 2.25. The van der Waals surface area contributed by atoms with E-state index < -0.39 is 28.9 Å². The second-order valence-electron chi connectivity index (χ2n) is 5.29. The van der Waals surface area contributed by atoms with Gasteiger partial charge in [0.25, 0.3) is 0 Å². The largest absolute Gasteiger partial charge is 0.504 e. The van der Waals surface area contributed by atoms with E-state index in [-0.39, 0.29) is 0 Å². The molecule has 3 rings (SSSR count). The van der Waals surface area contributed by atoms with Gasteiger partial charge >= 0.3 is 0 Å². The van der Waals surface area contributed by atoms with Crippen LogP contribution in [0, 0.1) is 0 Å². The Bertz CT molecular complexity index is 774. The third-order valence-corrected chi connectivity index (χ3v) is 3.83. The Hall–Kier alpha value is -3.14. The quantitative estimate of drug-likeness (QED) is 0.338. The minimum Gasteiger partial charge on any atom is -0.504 e. The van der Waals surface area contributed by atoms with Gasteiger partial charge in [-0.2, -0.15) is 0 Å². The molecule has 0 spiro atoms. The minimum atomic E-state index is -0.730. The lowest BCUT2D eigenvalue weighted by molar-refractivity contribution is 0.343. The number of rotatable bonds is 3. The van der Waals surface area contributed by atoms with Crippen molar-refractivity contribution in [3.63, 3.8) is 0 Å². The van der Waals surface area contributed by atoms with Crippen molar-refractivity contribution >= 4 is 0 Å². The van der Waals surface area contributed by atoms with Gasteiger partial charge in [-0.3, -0.25) is 0 Å². The molecule has 0 aliphatic rings. The van der Waals surface area contributed by atoms with Crippen LogP contribution >= 0.6 is 0 Å². The smallest absolute Gasteiger partial charge is 0.204 e. The summed E-state index contributed by atoms with van der Waals surface area (Å²) in [7, 11) is 0. The SMILES string of the molecule is Oc1cc(C(c2ccccc2)c2ccccc2)c(O)c(O)c1O. The van der Waals surface area contributed by atoms with Gasteiger partial charge in [0.2, 0.25) is 11.5 Å². The van der Waals surface area contributed by atoms with Crippen LogP contribution in [0.4, 0.5) is 0 Å². The van der Waals surface area contributed by atoms with E-state index in [9.17, 15) is 20.4 Å². The second-order valence-corrected chi connectivity index (χ2v) is 5.29. The predicted octanol–water partition coefficient (Wildman–Crippen LogP) is 3.69. The van der Waals surface area contributed by atoms with Crippen molar-refractivity contribution < 1.29 is 20.4 Å². The summed E-state index contributed by atoms with van der Waals surface area (Å²) in [5.74, 6) is -2.78. The summed E-state index contributed by atoms with van der Waals surface area (Å²) < 4.78 is 0. The van der Waals surface area contributed by atoms with E-state index in [1.807, 2.05) is 60.7 Å². The fourth-order valence-electron chi connectivity index (χ4n) is 2.72. The third-order valence-electron chi connectivity index (χ3n) is 3.83. The molecule has 23 heavy (non-hydrogen) atoms. The molecule has 3 aromatic carbocycles. The van der Waals surface area contributed by atoms with E-state index >= 15 is 0 Å². The molecular formula is C19H16O4. The second kappa shape index (κ2) is 5.93. The summed E-state index contributed by atoms with van der Waals surface area (Å²) in [6.07, 6.45) is 0. The summed E-state index contributed by atoms with van der Waals surface area (Å²) in [6, 6.07) is 20.2. The normalized spacial score (nSPS) is 10.8. The van der Waals surface area contributed by atoms with Crippen LogP contribution in [0.2, 0.25) is 0 Å². The van der Waals surface area contributed by atoms with Crippen molar-refractivity contribution in [1.29, 1.82) is 0 Å².